The van der Waals surface area contributed by atoms with E-state index in [2.05, 4.69) is 5.32 Å². The van der Waals surface area contributed by atoms with Gasteiger partial charge in [-0.2, -0.15) is 0 Å². The van der Waals surface area contributed by atoms with Crippen molar-refractivity contribution in [3.05, 3.63) is 111 Å². The van der Waals surface area contributed by atoms with Crippen molar-refractivity contribution in [3.63, 3.8) is 0 Å². The molecule has 0 fully saturated rings. The Morgan fingerprint density at radius 1 is 0.944 bits per heavy atom. The lowest BCUT2D eigenvalue weighted by Gasteiger charge is -2.32. The first kappa shape index (κ1) is 26.9. The molecule has 1 atom stereocenters. The number of para-hydroxylation sites is 1. The summed E-state index contributed by atoms with van der Waals surface area (Å²) < 4.78 is 0. The van der Waals surface area contributed by atoms with E-state index in [4.69, 9.17) is 11.6 Å². The topological polar surface area (TPSA) is 92.6 Å². The number of nitro groups is 1. The van der Waals surface area contributed by atoms with E-state index in [9.17, 15) is 19.7 Å². The first-order valence-corrected chi connectivity index (χ1v) is 12.2. The summed E-state index contributed by atoms with van der Waals surface area (Å²) in [5, 5.41) is 15.0. The lowest BCUT2D eigenvalue weighted by atomic mass is 10.0. The van der Waals surface area contributed by atoms with Crippen molar-refractivity contribution in [2.24, 2.45) is 5.92 Å². The van der Waals surface area contributed by atoms with Gasteiger partial charge in [0.25, 0.3) is 5.69 Å². The van der Waals surface area contributed by atoms with Crippen molar-refractivity contribution in [1.29, 1.82) is 0 Å². The average molecular weight is 508 g/mol. The minimum Gasteiger partial charge on any atom is -0.354 e. The normalized spacial score (nSPS) is 11.7. The number of hydrogen-bond acceptors (Lipinski definition) is 4. The van der Waals surface area contributed by atoms with Crippen LogP contribution in [0.2, 0.25) is 5.02 Å². The Morgan fingerprint density at radius 3 is 2.19 bits per heavy atom. The second-order valence-electron chi connectivity index (χ2n) is 9.02. The van der Waals surface area contributed by atoms with Crippen LogP contribution in [0.3, 0.4) is 0 Å². The maximum atomic E-state index is 13.8. The first-order valence-electron chi connectivity index (χ1n) is 11.8. The minimum absolute atomic E-state index is 0.0890. The van der Waals surface area contributed by atoms with Crippen molar-refractivity contribution < 1.29 is 14.5 Å². The summed E-state index contributed by atoms with van der Waals surface area (Å²) in [6, 6.07) is 21.9. The lowest BCUT2D eigenvalue weighted by molar-refractivity contribution is -0.385. The molecule has 0 radical (unpaired) electrons. The fourth-order valence-corrected chi connectivity index (χ4v) is 4.09. The SMILES string of the molecule is CC(C)CNC(=O)C(Cc1ccccc1)N(Cc1ccccc1Cl)C(=O)Cc1ccccc1[N+](=O)[O-]. The molecule has 8 heteroatoms. The largest absolute Gasteiger partial charge is 0.354 e. The van der Waals surface area contributed by atoms with Crippen LogP contribution in [-0.2, 0) is 29.0 Å². The highest BCUT2D eigenvalue weighted by Crippen LogP contribution is 2.23. The highest BCUT2D eigenvalue weighted by Gasteiger charge is 2.31. The summed E-state index contributed by atoms with van der Waals surface area (Å²) in [7, 11) is 0. The predicted molar refractivity (Wildman–Crippen MR) is 141 cm³/mol. The quantitative estimate of drug-likeness (QED) is 0.285. The standard InChI is InChI=1S/C28H30ClN3O4/c1-20(2)18-30-28(34)26(16-21-10-4-3-5-11-21)31(19-23-13-6-8-14-24(23)29)27(33)17-22-12-7-9-15-25(22)32(35)36/h3-15,20,26H,16-19H2,1-2H3,(H,30,34). The summed E-state index contributed by atoms with van der Waals surface area (Å²) in [4.78, 5) is 39.7. The molecule has 3 aromatic carbocycles. The van der Waals surface area contributed by atoms with E-state index in [0.717, 1.165) is 5.56 Å². The van der Waals surface area contributed by atoms with Crippen LogP contribution in [0.25, 0.3) is 0 Å². The Hall–Kier alpha value is -3.71. The van der Waals surface area contributed by atoms with Gasteiger partial charge in [0.1, 0.15) is 6.04 Å². The molecule has 0 aromatic heterocycles. The van der Waals surface area contributed by atoms with E-state index in [0.29, 0.717) is 17.1 Å². The van der Waals surface area contributed by atoms with Crippen LogP contribution in [0, 0.1) is 16.0 Å². The van der Waals surface area contributed by atoms with Crippen LogP contribution < -0.4 is 5.32 Å². The Labute approximate surface area is 216 Å². The highest BCUT2D eigenvalue weighted by atomic mass is 35.5. The summed E-state index contributed by atoms with van der Waals surface area (Å²) >= 11 is 6.42. The molecule has 0 saturated carbocycles. The molecule has 0 heterocycles. The van der Waals surface area contributed by atoms with Gasteiger partial charge in [0.2, 0.25) is 11.8 Å². The van der Waals surface area contributed by atoms with Crippen LogP contribution >= 0.6 is 11.6 Å². The Morgan fingerprint density at radius 2 is 1.56 bits per heavy atom. The summed E-state index contributed by atoms with van der Waals surface area (Å²) in [6.45, 7) is 4.54. The van der Waals surface area contributed by atoms with E-state index < -0.39 is 16.9 Å². The van der Waals surface area contributed by atoms with E-state index in [1.807, 2.05) is 50.2 Å². The van der Waals surface area contributed by atoms with Gasteiger partial charge in [-0.15, -0.1) is 0 Å². The van der Waals surface area contributed by atoms with Gasteiger partial charge >= 0.3 is 0 Å². The van der Waals surface area contributed by atoms with Crippen LogP contribution in [0.4, 0.5) is 5.69 Å². The van der Waals surface area contributed by atoms with Gasteiger partial charge < -0.3 is 10.2 Å². The fourth-order valence-electron chi connectivity index (χ4n) is 3.89. The van der Waals surface area contributed by atoms with E-state index in [-0.39, 0.29) is 42.5 Å². The van der Waals surface area contributed by atoms with Gasteiger partial charge in [-0.05, 0) is 23.1 Å². The minimum atomic E-state index is -0.835. The van der Waals surface area contributed by atoms with Gasteiger partial charge in [0.05, 0.1) is 11.3 Å². The predicted octanol–water partition coefficient (Wildman–Crippen LogP) is 5.20. The summed E-state index contributed by atoms with van der Waals surface area (Å²) in [6.07, 6.45) is 0.0716. The second-order valence-corrected chi connectivity index (χ2v) is 9.43. The number of halogens is 1. The van der Waals surface area contributed by atoms with Crippen molar-refractivity contribution >= 4 is 29.1 Å². The monoisotopic (exact) mass is 507 g/mol. The highest BCUT2D eigenvalue weighted by molar-refractivity contribution is 6.31. The summed E-state index contributed by atoms with van der Waals surface area (Å²) in [5.41, 5.74) is 1.74. The van der Waals surface area contributed by atoms with Gasteiger partial charge in [0.15, 0.2) is 0 Å². The van der Waals surface area contributed by atoms with E-state index in [1.165, 1.54) is 11.0 Å². The zero-order valence-corrected chi connectivity index (χ0v) is 21.1. The molecule has 0 spiro atoms. The third-order valence-electron chi connectivity index (χ3n) is 5.78. The van der Waals surface area contributed by atoms with Crippen LogP contribution in [0.1, 0.15) is 30.5 Å². The Bertz CT molecular complexity index is 1200. The maximum Gasteiger partial charge on any atom is 0.273 e. The third kappa shape index (κ3) is 7.39. The molecule has 0 aliphatic rings. The van der Waals surface area contributed by atoms with Crippen molar-refractivity contribution in [2.75, 3.05) is 6.54 Å². The van der Waals surface area contributed by atoms with Crippen LogP contribution in [0.15, 0.2) is 78.9 Å². The molecular formula is C28H30ClN3O4. The fraction of sp³-hybridized carbons (Fsp3) is 0.286. The van der Waals surface area contributed by atoms with Crippen molar-refractivity contribution in [2.45, 2.75) is 39.3 Å². The average Bonchev–Trinajstić information content (AvgIpc) is 2.86. The van der Waals surface area contributed by atoms with Gasteiger partial charge in [-0.1, -0.05) is 92.2 Å². The molecule has 1 N–H and O–H groups in total. The summed E-state index contributed by atoms with van der Waals surface area (Å²) in [5.74, 6) is -0.452. The van der Waals surface area contributed by atoms with Crippen molar-refractivity contribution in [3.8, 4) is 0 Å². The number of benzene rings is 3. The molecular weight excluding hydrogens is 478 g/mol. The van der Waals surface area contributed by atoms with Gasteiger partial charge in [0, 0.05) is 36.2 Å². The molecule has 2 amide bonds. The molecule has 3 rings (SSSR count). The Balaban J connectivity index is 2.01. The van der Waals surface area contributed by atoms with E-state index in [1.54, 1.807) is 36.4 Å². The number of nitro benzene ring substituents is 1. The molecule has 0 bridgehead atoms. The molecule has 1 unspecified atom stereocenters. The van der Waals surface area contributed by atoms with Crippen LogP contribution in [0.5, 0.6) is 0 Å². The van der Waals surface area contributed by atoms with Crippen LogP contribution in [-0.4, -0.2) is 34.2 Å². The molecule has 3 aromatic rings. The number of hydrogen-bond donors (Lipinski definition) is 1. The zero-order chi connectivity index (χ0) is 26.1. The number of nitrogens with zero attached hydrogens (tertiary/aromatic N) is 2. The van der Waals surface area contributed by atoms with Crippen molar-refractivity contribution in [1.82, 2.24) is 10.2 Å². The molecule has 0 aliphatic carbocycles. The molecule has 188 valence electrons. The number of carbonyl (C=O) groups excluding carboxylic acids is 2. The smallest absolute Gasteiger partial charge is 0.273 e. The Kier molecular flexibility index (Phi) is 9.59. The maximum absolute atomic E-state index is 13.8. The molecule has 0 saturated heterocycles. The number of carbonyl (C=O) groups is 2. The molecule has 7 nitrogen and oxygen atoms in total. The van der Waals surface area contributed by atoms with Gasteiger partial charge in [-0.3, -0.25) is 19.7 Å². The second kappa shape index (κ2) is 12.8. The first-order chi connectivity index (χ1) is 17.3. The van der Waals surface area contributed by atoms with Gasteiger partial charge in [-0.25, -0.2) is 0 Å². The number of amides is 2. The lowest BCUT2D eigenvalue weighted by Crippen LogP contribution is -2.51. The molecule has 36 heavy (non-hydrogen) atoms. The molecule has 0 aliphatic heterocycles. The third-order valence-corrected chi connectivity index (χ3v) is 6.15. The number of rotatable bonds is 11. The van der Waals surface area contributed by atoms with E-state index >= 15 is 0 Å². The number of nitrogens with one attached hydrogen (secondary N) is 1. The zero-order valence-electron chi connectivity index (χ0n) is 20.4.